The van der Waals surface area contributed by atoms with E-state index in [1.165, 1.54) is 31.4 Å². The van der Waals surface area contributed by atoms with Gasteiger partial charge in [-0.3, -0.25) is 9.59 Å². The van der Waals surface area contributed by atoms with Crippen LogP contribution < -0.4 is 10.6 Å². The number of rotatable bonds is 5. The van der Waals surface area contributed by atoms with E-state index in [2.05, 4.69) is 5.32 Å². The number of carbonyl (C=O) groups is 2. The van der Waals surface area contributed by atoms with Crippen LogP contribution in [0.2, 0.25) is 0 Å². The van der Waals surface area contributed by atoms with Crippen LogP contribution in [0.15, 0.2) is 36.4 Å². The molecule has 2 amide bonds. The van der Waals surface area contributed by atoms with E-state index < -0.39 is 12.1 Å². The van der Waals surface area contributed by atoms with Gasteiger partial charge in [0, 0.05) is 12.2 Å². The summed E-state index contributed by atoms with van der Waals surface area (Å²) in [5.41, 5.74) is 0.777. The molecular formula is C18H21F3N2O2. The van der Waals surface area contributed by atoms with Crippen LogP contribution in [0.1, 0.15) is 37.7 Å². The summed E-state index contributed by atoms with van der Waals surface area (Å²) in [4.78, 5) is 22.6. The summed E-state index contributed by atoms with van der Waals surface area (Å²) in [7, 11) is 0. The number of halogens is 3. The van der Waals surface area contributed by atoms with Crippen molar-refractivity contribution in [2.24, 2.45) is 5.92 Å². The van der Waals surface area contributed by atoms with Gasteiger partial charge in [-0.1, -0.05) is 37.5 Å². The Morgan fingerprint density at radius 3 is 2.32 bits per heavy atom. The normalized spacial score (nSPS) is 16.0. The van der Waals surface area contributed by atoms with E-state index in [0.717, 1.165) is 18.4 Å². The van der Waals surface area contributed by atoms with E-state index in [4.69, 9.17) is 0 Å². The molecule has 1 aliphatic carbocycles. The van der Waals surface area contributed by atoms with Crippen molar-refractivity contribution in [3.8, 4) is 0 Å². The van der Waals surface area contributed by atoms with Gasteiger partial charge in [0.1, 0.15) is 0 Å². The molecule has 1 saturated carbocycles. The summed E-state index contributed by atoms with van der Waals surface area (Å²) in [6, 6.07) is 5.83. The number of hydrogen-bond acceptors (Lipinski definition) is 2. The SMILES string of the molecule is O=C(/C=C/C1CCCCC1)NCc1ccc(NC(=O)C(F)(F)F)cc1. The molecular weight excluding hydrogens is 333 g/mol. The molecule has 0 radical (unpaired) electrons. The lowest BCUT2D eigenvalue weighted by Gasteiger charge is -2.17. The first kappa shape index (κ1) is 19.0. The standard InChI is InChI=1S/C18H21F3N2O2/c19-18(20,21)17(25)23-15-9-6-14(7-10-15)12-22-16(24)11-8-13-4-2-1-3-5-13/h6-11,13H,1-5,12H2,(H,22,24)(H,23,25)/b11-8+. The lowest BCUT2D eigenvalue weighted by molar-refractivity contribution is -0.167. The second kappa shape index (κ2) is 8.69. The second-order valence-electron chi connectivity index (χ2n) is 6.12. The van der Waals surface area contributed by atoms with E-state index in [0.29, 0.717) is 5.92 Å². The van der Waals surface area contributed by atoms with Gasteiger partial charge >= 0.3 is 12.1 Å². The minimum absolute atomic E-state index is 0.0506. The summed E-state index contributed by atoms with van der Waals surface area (Å²) in [5, 5.41) is 4.50. The molecule has 0 atom stereocenters. The number of nitrogens with one attached hydrogen (secondary N) is 2. The number of allylic oxidation sites excluding steroid dienone is 1. The van der Waals surface area contributed by atoms with Crippen molar-refractivity contribution in [3.63, 3.8) is 0 Å². The molecule has 0 aromatic heterocycles. The molecule has 0 unspecified atom stereocenters. The van der Waals surface area contributed by atoms with Crippen LogP contribution in [-0.4, -0.2) is 18.0 Å². The fourth-order valence-corrected chi connectivity index (χ4v) is 2.71. The highest BCUT2D eigenvalue weighted by atomic mass is 19.4. The first-order valence-corrected chi connectivity index (χ1v) is 8.28. The lowest BCUT2D eigenvalue weighted by Crippen LogP contribution is -2.29. The summed E-state index contributed by atoms with van der Waals surface area (Å²) in [6.07, 6.45) is 4.48. The number of benzene rings is 1. The van der Waals surface area contributed by atoms with Gasteiger partial charge in [-0.25, -0.2) is 0 Å². The Morgan fingerprint density at radius 1 is 1.08 bits per heavy atom. The van der Waals surface area contributed by atoms with Gasteiger partial charge in [-0.05, 0) is 42.5 Å². The van der Waals surface area contributed by atoms with Crippen LogP contribution in [0.5, 0.6) is 0 Å². The molecule has 2 N–H and O–H groups in total. The number of anilines is 1. The Kier molecular flexibility index (Phi) is 6.61. The maximum Gasteiger partial charge on any atom is 0.471 e. The van der Waals surface area contributed by atoms with Gasteiger partial charge in [-0.2, -0.15) is 13.2 Å². The molecule has 25 heavy (non-hydrogen) atoms. The highest BCUT2D eigenvalue weighted by Gasteiger charge is 2.38. The van der Waals surface area contributed by atoms with Gasteiger partial charge in [-0.15, -0.1) is 0 Å². The number of hydrogen-bond donors (Lipinski definition) is 2. The largest absolute Gasteiger partial charge is 0.471 e. The van der Waals surface area contributed by atoms with Crippen LogP contribution in [-0.2, 0) is 16.1 Å². The molecule has 1 aromatic rings. The van der Waals surface area contributed by atoms with Crippen molar-refractivity contribution in [1.82, 2.24) is 5.32 Å². The molecule has 4 nitrogen and oxygen atoms in total. The third-order valence-corrected chi connectivity index (χ3v) is 4.11. The maximum atomic E-state index is 12.2. The zero-order valence-corrected chi connectivity index (χ0v) is 13.7. The van der Waals surface area contributed by atoms with Gasteiger partial charge in [0.15, 0.2) is 0 Å². The predicted octanol–water partition coefficient (Wildman–Crippen LogP) is 3.94. The van der Waals surface area contributed by atoms with E-state index in [9.17, 15) is 22.8 Å². The molecule has 0 aliphatic heterocycles. The summed E-state index contributed by atoms with van der Waals surface area (Å²) in [6.45, 7) is 0.265. The Balaban J connectivity index is 1.78. The van der Waals surface area contributed by atoms with Crippen LogP contribution >= 0.6 is 0 Å². The van der Waals surface area contributed by atoms with Crippen molar-refractivity contribution in [2.45, 2.75) is 44.8 Å². The minimum atomic E-state index is -4.92. The number of amides is 2. The zero-order chi connectivity index (χ0) is 18.3. The van der Waals surface area contributed by atoms with E-state index in [1.54, 1.807) is 23.5 Å². The van der Waals surface area contributed by atoms with Crippen LogP contribution in [0.25, 0.3) is 0 Å². The monoisotopic (exact) mass is 354 g/mol. The van der Waals surface area contributed by atoms with Crippen LogP contribution in [0.4, 0.5) is 18.9 Å². The Labute approximate surface area is 144 Å². The van der Waals surface area contributed by atoms with Gasteiger partial charge in [0.05, 0.1) is 0 Å². The maximum absolute atomic E-state index is 12.2. The number of alkyl halides is 3. The Morgan fingerprint density at radius 2 is 1.72 bits per heavy atom. The summed E-state index contributed by atoms with van der Waals surface area (Å²) < 4.78 is 36.5. The fraction of sp³-hybridized carbons (Fsp3) is 0.444. The topological polar surface area (TPSA) is 58.2 Å². The lowest BCUT2D eigenvalue weighted by atomic mass is 9.89. The molecule has 1 aliphatic rings. The fourth-order valence-electron chi connectivity index (χ4n) is 2.71. The molecule has 1 fully saturated rings. The second-order valence-corrected chi connectivity index (χ2v) is 6.12. The highest BCUT2D eigenvalue weighted by Crippen LogP contribution is 2.24. The van der Waals surface area contributed by atoms with Crippen molar-refractivity contribution >= 4 is 17.5 Å². The first-order valence-electron chi connectivity index (χ1n) is 8.28. The predicted molar refractivity (Wildman–Crippen MR) is 88.7 cm³/mol. The third-order valence-electron chi connectivity index (χ3n) is 4.11. The van der Waals surface area contributed by atoms with E-state index in [-0.39, 0.29) is 18.1 Å². The highest BCUT2D eigenvalue weighted by molar-refractivity contribution is 5.94. The third kappa shape index (κ3) is 6.60. The molecule has 0 heterocycles. The smallest absolute Gasteiger partial charge is 0.348 e. The molecule has 2 rings (SSSR count). The minimum Gasteiger partial charge on any atom is -0.348 e. The quantitative estimate of drug-likeness (QED) is 0.787. The van der Waals surface area contributed by atoms with E-state index >= 15 is 0 Å². The molecule has 0 saturated heterocycles. The summed E-state index contributed by atoms with van der Waals surface area (Å²) >= 11 is 0. The van der Waals surface area contributed by atoms with E-state index in [1.807, 2.05) is 6.08 Å². The van der Waals surface area contributed by atoms with Crippen LogP contribution in [0.3, 0.4) is 0 Å². The van der Waals surface area contributed by atoms with Crippen molar-refractivity contribution in [1.29, 1.82) is 0 Å². The van der Waals surface area contributed by atoms with Crippen molar-refractivity contribution < 1.29 is 22.8 Å². The zero-order valence-electron chi connectivity index (χ0n) is 13.7. The molecule has 7 heteroatoms. The van der Waals surface area contributed by atoms with Crippen molar-refractivity contribution in [3.05, 3.63) is 42.0 Å². The van der Waals surface area contributed by atoms with Crippen LogP contribution in [0, 0.1) is 5.92 Å². The first-order chi connectivity index (χ1) is 11.8. The Hall–Kier alpha value is -2.31. The molecule has 0 bridgehead atoms. The van der Waals surface area contributed by atoms with Gasteiger partial charge in [0.25, 0.3) is 0 Å². The molecule has 0 spiro atoms. The Bertz CT molecular complexity index is 618. The average molecular weight is 354 g/mol. The van der Waals surface area contributed by atoms with Gasteiger partial charge < -0.3 is 10.6 Å². The average Bonchev–Trinajstić information content (AvgIpc) is 2.59. The molecule has 1 aromatic carbocycles. The van der Waals surface area contributed by atoms with Gasteiger partial charge in [0.2, 0.25) is 5.91 Å². The van der Waals surface area contributed by atoms with Crippen molar-refractivity contribution in [2.75, 3.05) is 5.32 Å². The molecule has 136 valence electrons. The number of carbonyl (C=O) groups excluding carboxylic acids is 2. The summed E-state index contributed by atoms with van der Waals surface area (Å²) in [5.74, 6) is -1.74.